The molecule has 0 saturated carbocycles. The predicted octanol–water partition coefficient (Wildman–Crippen LogP) is 2.57. The van der Waals surface area contributed by atoms with Gasteiger partial charge in [0.15, 0.2) is 16.6 Å². The Hall–Kier alpha value is -2.35. The van der Waals surface area contributed by atoms with Crippen LogP contribution in [0.25, 0.3) is 0 Å². The summed E-state index contributed by atoms with van der Waals surface area (Å²) >= 11 is 5.27. The summed E-state index contributed by atoms with van der Waals surface area (Å²) in [6.07, 6.45) is 3.76. The second-order valence-electron chi connectivity index (χ2n) is 5.20. The van der Waals surface area contributed by atoms with Crippen LogP contribution in [-0.4, -0.2) is 50.1 Å². The number of rotatable bonds is 8. The van der Waals surface area contributed by atoms with Crippen LogP contribution in [0.3, 0.4) is 0 Å². The zero-order chi connectivity index (χ0) is 18.8. The van der Waals surface area contributed by atoms with Crippen LogP contribution in [0.1, 0.15) is 32.3 Å². The van der Waals surface area contributed by atoms with Crippen LogP contribution in [0, 0.1) is 0 Å². The zero-order valence-corrected chi connectivity index (χ0v) is 16.1. The lowest BCUT2D eigenvalue weighted by Crippen LogP contribution is -2.34. The van der Waals surface area contributed by atoms with Crippen LogP contribution in [0.4, 0.5) is 0 Å². The number of nitrogens with one attached hydrogen (secondary N) is 1. The Kier molecular flexibility index (Phi) is 8.69. The van der Waals surface area contributed by atoms with Gasteiger partial charge >= 0.3 is 5.97 Å². The van der Waals surface area contributed by atoms with E-state index in [2.05, 4.69) is 17.3 Å². The lowest BCUT2D eigenvalue weighted by molar-refractivity contribution is -0.132. The summed E-state index contributed by atoms with van der Waals surface area (Å²) in [4.78, 5) is 11.2. The monoisotopic (exact) mass is 367 g/mol. The van der Waals surface area contributed by atoms with Crippen molar-refractivity contribution in [2.45, 2.75) is 26.7 Å². The van der Waals surface area contributed by atoms with Gasteiger partial charge in [0.25, 0.3) is 0 Å². The van der Waals surface area contributed by atoms with E-state index in [1.807, 2.05) is 0 Å². The minimum absolute atomic E-state index is 0.236. The van der Waals surface area contributed by atoms with Crippen molar-refractivity contribution in [1.29, 1.82) is 0 Å². The van der Waals surface area contributed by atoms with E-state index >= 15 is 0 Å². The fraction of sp³-hybridized carbons (Fsp3) is 0.471. The van der Waals surface area contributed by atoms with E-state index in [1.165, 1.54) is 21.1 Å². The van der Waals surface area contributed by atoms with E-state index in [1.54, 1.807) is 30.4 Å². The van der Waals surface area contributed by atoms with Crippen LogP contribution >= 0.6 is 12.2 Å². The molecule has 0 heterocycles. The van der Waals surface area contributed by atoms with Gasteiger partial charge < -0.3 is 19.5 Å². The summed E-state index contributed by atoms with van der Waals surface area (Å²) < 4.78 is 15.7. The molecule has 1 aromatic carbocycles. The van der Waals surface area contributed by atoms with Gasteiger partial charge in [-0.2, -0.15) is 5.10 Å². The van der Waals surface area contributed by atoms with Gasteiger partial charge in [-0.25, -0.2) is 5.01 Å². The van der Waals surface area contributed by atoms with Gasteiger partial charge in [0.1, 0.15) is 0 Å². The van der Waals surface area contributed by atoms with E-state index in [0.717, 1.165) is 19.4 Å². The number of ether oxygens (including phenoxy) is 3. The Labute approximate surface area is 153 Å². The maximum Gasteiger partial charge on any atom is 0.308 e. The molecule has 0 aliphatic rings. The van der Waals surface area contributed by atoms with Crippen LogP contribution in [0.15, 0.2) is 17.2 Å². The molecule has 0 unspecified atom stereocenters. The minimum Gasteiger partial charge on any atom is -0.493 e. The Morgan fingerprint density at radius 3 is 2.40 bits per heavy atom. The van der Waals surface area contributed by atoms with Gasteiger partial charge in [-0.3, -0.25) is 4.79 Å². The summed E-state index contributed by atoms with van der Waals surface area (Å²) in [5.74, 6) is 0.533. The molecule has 25 heavy (non-hydrogen) atoms. The number of hydrogen-bond donors (Lipinski definition) is 1. The molecule has 0 atom stereocenters. The highest BCUT2D eigenvalue weighted by molar-refractivity contribution is 7.80. The Morgan fingerprint density at radius 2 is 1.92 bits per heavy atom. The zero-order valence-electron chi connectivity index (χ0n) is 15.3. The standard InChI is InChI=1S/C17H25N3O4S/c1-6-7-8-18-17(25)20(3)19-11-13-9-14(22-4)16(24-12(2)21)15(10-13)23-5/h9-11H,6-8H2,1-5H3,(H,18,25). The fourth-order valence-electron chi connectivity index (χ4n) is 1.91. The van der Waals surface area contributed by atoms with Crippen molar-refractivity contribution in [3.63, 3.8) is 0 Å². The first-order valence-electron chi connectivity index (χ1n) is 7.92. The molecule has 138 valence electrons. The molecule has 0 aliphatic carbocycles. The van der Waals surface area contributed by atoms with Crippen molar-refractivity contribution in [2.24, 2.45) is 5.10 Å². The molecule has 0 saturated heterocycles. The minimum atomic E-state index is -0.457. The molecule has 1 aromatic rings. The molecule has 0 fully saturated rings. The Balaban J connectivity index is 2.94. The van der Waals surface area contributed by atoms with E-state index in [-0.39, 0.29) is 5.75 Å². The molecule has 1 rings (SSSR count). The maximum absolute atomic E-state index is 11.2. The van der Waals surface area contributed by atoms with Crippen LogP contribution < -0.4 is 19.5 Å². The average Bonchev–Trinajstić information content (AvgIpc) is 2.59. The quantitative estimate of drug-likeness (QED) is 0.189. The van der Waals surface area contributed by atoms with Gasteiger partial charge in [0.05, 0.1) is 20.4 Å². The van der Waals surface area contributed by atoms with Crippen molar-refractivity contribution in [3.05, 3.63) is 17.7 Å². The number of carbonyl (C=O) groups is 1. The average molecular weight is 367 g/mol. The Morgan fingerprint density at radius 1 is 1.32 bits per heavy atom. The first kappa shape index (κ1) is 20.7. The van der Waals surface area contributed by atoms with E-state index < -0.39 is 5.97 Å². The molecule has 0 aliphatic heterocycles. The van der Waals surface area contributed by atoms with Gasteiger partial charge in [-0.15, -0.1) is 0 Å². The molecule has 7 nitrogen and oxygen atoms in total. The van der Waals surface area contributed by atoms with Crippen LogP contribution in [0.5, 0.6) is 17.2 Å². The molecule has 0 radical (unpaired) electrons. The first-order valence-corrected chi connectivity index (χ1v) is 8.33. The summed E-state index contributed by atoms with van der Waals surface area (Å²) in [7, 11) is 4.74. The molecule has 8 heteroatoms. The molecular weight excluding hydrogens is 342 g/mol. The third-order valence-electron chi connectivity index (χ3n) is 3.21. The third-order valence-corrected chi connectivity index (χ3v) is 3.62. The largest absolute Gasteiger partial charge is 0.493 e. The number of unbranched alkanes of at least 4 members (excludes halogenated alkanes) is 1. The second kappa shape index (κ2) is 10.5. The van der Waals surface area contributed by atoms with Gasteiger partial charge in [-0.1, -0.05) is 13.3 Å². The van der Waals surface area contributed by atoms with Gasteiger partial charge in [0, 0.05) is 26.1 Å². The van der Waals surface area contributed by atoms with Crippen molar-refractivity contribution in [3.8, 4) is 17.2 Å². The smallest absolute Gasteiger partial charge is 0.308 e. The number of methoxy groups -OCH3 is 2. The maximum atomic E-state index is 11.2. The third kappa shape index (κ3) is 6.58. The number of esters is 1. The summed E-state index contributed by atoms with van der Waals surface area (Å²) in [5, 5.41) is 9.55. The number of thiocarbonyl (C=S) groups is 1. The summed E-state index contributed by atoms with van der Waals surface area (Å²) in [6.45, 7) is 4.25. The molecule has 0 aromatic heterocycles. The predicted molar refractivity (Wildman–Crippen MR) is 102 cm³/mol. The molecule has 0 bridgehead atoms. The SMILES string of the molecule is CCCCNC(=S)N(C)N=Cc1cc(OC)c(OC(C)=O)c(OC)c1. The van der Waals surface area contributed by atoms with E-state index in [4.69, 9.17) is 26.4 Å². The molecule has 0 amide bonds. The second-order valence-corrected chi connectivity index (χ2v) is 5.59. The highest BCUT2D eigenvalue weighted by Gasteiger charge is 2.15. The normalized spacial score (nSPS) is 10.4. The van der Waals surface area contributed by atoms with Crippen molar-refractivity contribution in [1.82, 2.24) is 10.3 Å². The van der Waals surface area contributed by atoms with E-state index in [9.17, 15) is 4.79 Å². The fourth-order valence-corrected chi connectivity index (χ4v) is 2.06. The molecule has 1 N–H and O–H groups in total. The number of hydrogen-bond acceptors (Lipinski definition) is 6. The Bertz CT molecular complexity index is 609. The van der Waals surface area contributed by atoms with Gasteiger partial charge in [0.2, 0.25) is 5.75 Å². The van der Waals surface area contributed by atoms with E-state index in [0.29, 0.717) is 22.2 Å². The topological polar surface area (TPSA) is 72.4 Å². The number of hydrazone groups is 1. The number of benzene rings is 1. The first-order chi connectivity index (χ1) is 11.9. The number of carbonyl (C=O) groups excluding carboxylic acids is 1. The lowest BCUT2D eigenvalue weighted by Gasteiger charge is -2.16. The highest BCUT2D eigenvalue weighted by atomic mass is 32.1. The summed E-state index contributed by atoms with van der Waals surface area (Å²) in [5.41, 5.74) is 0.716. The lowest BCUT2D eigenvalue weighted by atomic mass is 10.2. The van der Waals surface area contributed by atoms with Crippen LogP contribution in [0.2, 0.25) is 0 Å². The molecular formula is C17H25N3O4S. The molecule has 0 spiro atoms. The van der Waals surface area contributed by atoms with Crippen molar-refractivity contribution in [2.75, 3.05) is 27.8 Å². The summed E-state index contributed by atoms with van der Waals surface area (Å²) in [6, 6.07) is 3.40. The highest BCUT2D eigenvalue weighted by Crippen LogP contribution is 2.38. The number of nitrogens with zero attached hydrogens (tertiary/aromatic N) is 2. The van der Waals surface area contributed by atoms with Crippen molar-refractivity contribution < 1.29 is 19.0 Å². The van der Waals surface area contributed by atoms with Crippen molar-refractivity contribution >= 4 is 29.5 Å². The van der Waals surface area contributed by atoms with Crippen LogP contribution in [-0.2, 0) is 4.79 Å². The van der Waals surface area contributed by atoms with Gasteiger partial charge in [-0.05, 0) is 30.8 Å².